The molecule has 2 aliphatic rings. The van der Waals surface area contributed by atoms with Crippen LogP contribution in [-0.2, 0) is 10.0 Å². The highest BCUT2D eigenvalue weighted by Crippen LogP contribution is 2.30. The van der Waals surface area contributed by atoms with Gasteiger partial charge >= 0.3 is 6.03 Å². The van der Waals surface area contributed by atoms with Gasteiger partial charge in [-0.1, -0.05) is 35.5 Å². The van der Waals surface area contributed by atoms with E-state index in [1.807, 2.05) is 30.3 Å². The maximum absolute atomic E-state index is 13.4. The van der Waals surface area contributed by atoms with Crippen LogP contribution in [-0.4, -0.2) is 66.0 Å². The summed E-state index contributed by atoms with van der Waals surface area (Å²) in [6, 6.07) is 10.8. The number of hydrogen-bond donors (Lipinski definition) is 1. The summed E-state index contributed by atoms with van der Waals surface area (Å²) in [6.07, 6.45) is 2.80. The number of benzene rings is 1. The van der Waals surface area contributed by atoms with Gasteiger partial charge in [0.25, 0.3) is 5.71 Å². The highest BCUT2D eigenvalue weighted by molar-refractivity contribution is 7.89. The minimum absolute atomic E-state index is 0.0990. The molecule has 5 rings (SSSR count). The molecule has 1 aromatic carbocycles. The number of amides is 2. The molecule has 156 valence electrons. The molecule has 2 saturated heterocycles. The molecule has 9 nitrogen and oxygen atoms in total. The van der Waals surface area contributed by atoms with Gasteiger partial charge in [0.05, 0.1) is 11.6 Å². The van der Waals surface area contributed by atoms with Crippen LogP contribution >= 0.6 is 0 Å². The summed E-state index contributed by atoms with van der Waals surface area (Å²) in [5, 5.41) is 7.41. The van der Waals surface area contributed by atoms with E-state index in [-0.39, 0.29) is 29.2 Å². The Kier molecular flexibility index (Phi) is 4.67. The number of urea groups is 1. The van der Waals surface area contributed by atoms with E-state index in [1.54, 1.807) is 11.0 Å². The molecule has 1 N–H and O–H groups in total. The Balaban J connectivity index is 1.47. The maximum Gasteiger partial charge on any atom is 0.317 e. The van der Waals surface area contributed by atoms with Crippen LogP contribution in [0.25, 0.3) is 22.4 Å². The van der Waals surface area contributed by atoms with Crippen LogP contribution in [0.5, 0.6) is 0 Å². The van der Waals surface area contributed by atoms with Crippen molar-refractivity contribution in [3.05, 3.63) is 42.6 Å². The molecule has 3 aromatic rings. The third-order valence-electron chi connectivity index (χ3n) is 5.68. The Morgan fingerprint density at radius 3 is 2.77 bits per heavy atom. The second-order valence-corrected chi connectivity index (χ2v) is 9.44. The van der Waals surface area contributed by atoms with Crippen molar-refractivity contribution < 1.29 is 17.7 Å². The Morgan fingerprint density at radius 1 is 1.17 bits per heavy atom. The molecule has 2 fully saturated rings. The summed E-state index contributed by atoms with van der Waals surface area (Å²) in [7, 11) is -3.77. The van der Waals surface area contributed by atoms with Crippen molar-refractivity contribution >= 4 is 27.2 Å². The van der Waals surface area contributed by atoms with Gasteiger partial charge in [0.15, 0.2) is 0 Å². The first-order valence-electron chi connectivity index (χ1n) is 9.89. The first-order valence-corrected chi connectivity index (χ1v) is 11.3. The van der Waals surface area contributed by atoms with Crippen LogP contribution in [0.1, 0.15) is 12.8 Å². The summed E-state index contributed by atoms with van der Waals surface area (Å²) >= 11 is 0. The Hall–Kier alpha value is -2.98. The minimum atomic E-state index is -3.77. The summed E-state index contributed by atoms with van der Waals surface area (Å²) in [5.74, 6) is 0. The molecule has 30 heavy (non-hydrogen) atoms. The SMILES string of the molecule is O=C1NCCN1C1CCCN(S(=O)(=O)c2cnc3onc(-c4ccccc4)c3c2)C1. The number of sulfonamides is 1. The highest BCUT2D eigenvalue weighted by atomic mass is 32.2. The fourth-order valence-corrected chi connectivity index (χ4v) is 5.62. The van der Waals surface area contributed by atoms with Gasteiger partial charge in [0, 0.05) is 37.8 Å². The molecular formula is C20H21N5O4S. The standard InChI is InChI=1S/C20H21N5O4S/c26-20-21-8-10-25(20)15-7-4-9-24(13-15)30(27,28)16-11-17-18(14-5-2-1-3-6-14)23-29-19(17)22-12-16/h1-3,5-6,11-12,15H,4,7-10,13H2,(H,21,26). The number of piperidine rings is 1. The van der Waals surface area contributed by atoms with Crippen LogP contribution in [0.4, 0.5) is 4.79 Å². The van der Waals surface area contributed by atoms with Crippen LogP contribution in [0.2, 0.25) is 0 Å². The molecule has 0 saturated carbocycles. The van der Waals surface area contributed by atoms with Crippen LogP contribution in [0.15, 0.2) is 52.0 Å². The molecule has 0 bridgehead atoms. The predicted octanol–water partition coefficient (Wildman–Crippen LogP) is 2.07. The van der Waals surface area contributed by atoms with E-state index in [9.17, 15) is 13.2 Å². The van der Waals surface area contributed by atoms with Gasteiger partial charge < -0.3 is 14.7 Å². The van der Waals surface area contributed by atoms with E-state index < -0.39 is 10.0 Å². The van der Waals surface area contributed by atoms with Crippen LogP contribution in [0.3, 0.4) is 0 Å². The zero-order valence-corrected chi connectivity index (χ0v) is 17.0. The number of fused-ring (bicyclic) bond motifs is 1. The fraction of sp³-hybridized carbons (Fsp3) is 0.350. The molecular weight excluding hydrogens is 406 g/mol. The Bertz CT molecular complexity index is 1190. The lowest BCUT2D eigenvalue weighted by Gasteiger charge is -2.36. The van der Waals surface area contributed by atoms with Gasteiger partial charge in [0.1, 0.15) is 10.6 Å². The summed E-state index contributed by atoms with van der Waals surface area (Å²) in [6.45, 7) is 1.90. The number of aromatic nitrogens is 2. The van der Waals surface area contributed by atoms with Crippen molar-refractivity contribution in [1.82, 2.24) is 24.7 Å². The van der Waals surface area contributed by atoms with Gasteiger partial charge in [-0.3, -0.25) is 0 Å². The topological polar surface area (TPSA) is 109 Å². The monoisotopic (exact) mass is 427 g/mol. The third kappa shape index (κ3) is 3.21. The lowest BCUT2D eigenvalue weighted by molar-refractivity contribution is 0.163. The zero-order valence-electron chi connectivity index (χ0n) is 16.2. The van der Waals surface area contributed by atoms with E-state index in [2.05, 4.69) is 15.5 Å². The second kappa shape index (κ2) is 7.37. The zero-order chi connectivity index (χ0) is 20.7. The van der Waals surface area contributed by atoms with Crippen molar-refractivity contribution in [2.24, 2.45) is 0 Å². The summed E-state index contributed by atoms with van der Waals surface area (Å²) in [4.78, 5) is 18.0. The number of carbonyl (C=O) groups is 1. The largest absolute Gasteiger partial charge is 0.336 e. The van der Waals surface area contributed by atoms with E-state index in [1.165, 1.54) is 10.5 Å². The van der Waals surface area contributed by atoms with Crippen molar-refractivity contribution in [2.75, 3.05) is 26.2 Å². The van der Waals surface area contributed by atoms with Gasteiger partial charge in [-0.2, -0.15) is 4.31 Å². The molecule has 0 radical (unpaired) electrons. The summed E-state index contributed by atoms with van der Waals surface area (Å²) in [5.41, 5.74) is 1.67. The maximum atomic E-state index is 13.4. The second-order valence-electron chi connectivity index (χ2n) is 7.51. The highest BCUT2D eigenvalue weighted by Gasteiger charge is 2.36. The van der Waals surface area contributed by atoms with E-state index in [4.69, 9.17) is 4.52 Å². The van der Waals surface area contributed by atoms with E-state index in [0.29, 0.717) is 37.1 Å². The molecule has 0 spiro atoms. The minimum Gasteiger partial charge on any atom is -0.336 e. The Morgan fingerprint density at radius 2 is 2.00 bits per heavy atom. The molecule has 10 heteroatoms. The number of nitrogens with one attached hydrogen (secondary N) is 1. The van der Waals surface area contributed by atoms with Gasteiger partial charge in [0.2, 0.25) is 10.0 Å². The average molecular weight is 427 g/mol. The quantitative estimate of drug-likeness (QED) is 0.683. The number of nitrogens with zero attached hydrogens (tertiary/aromatic N) is 4. The molecule has 1 unspecified atom stereocenters. The average Bonchev–Trinajstić information content (AvgIpc) is 3.40. The molecule has 2 amide bonds. The number of carbonyl (C=O) groups excluding carboxylic acids is 1. The Labute approximate surface area is 173 Å². The normalized spacial score (nSPS) is 20.6. The van der Waals surface area contributed by atoms with Gasteiger partial charge in [-0.25, -0.2) is 18.2 Å². The third-order valence-corrected chi connectivity index (χ3v) is 7.51. The number of hydrogen-bond acceptors (Lipinski definition) is 6. The molecule has 1 atom stereocenters. The van der Waals surface area contributed by atoms with E-state index in [0.717, 1.165) is 12.0 Å². The van der Waals surface area contributed by atoms with E-state index >= 15 is 0 Å². The number of rotatable bonds is 4. The van der Waals surface area contributed by atoms with Crippen molar-refractivity contribution in [3.8, 4) is 11.3 Å². The van der Waals surface area contributed by atoms with Crippen molar-refractivity contribution in [2.45, 2.75) is 23.8 Å². The smallest absolute Gasteiger partial charge is 0.317 e. The van der Waals surface area contributed by atoms with Gasteiger partial charge in [-0.05, 0) is 18.9 Å². The lowest BCUT2D eigenvalue weighted by atomic mass is 10.1. The van der Waals surface area contributed by atoms with Crippen LogP contribution in [0, 0.1) is 0 Å². The van der Waals surface area contributed by atoms with Gasteiger partial charge in [-0.15, -0.1) is 0 Å². The molecule has 2 aliphatic heterocycles. The first kappa shape index (κ1) is 19.0. The molecule has 0 aliphatic carbocycles. The van der Waals surface area contributed by atoms with Crippen molar-refractivity contribution in [1.29, 1.82) is 0 Å². The first-order chi connectivity index (χ1) is 14.5. The fourth-order valence-electron chi connectivity index (χ4n) is 4.14. The van der Waals surface area contributed by atoms with Crippen LogP contribution < -0.4 is 5.32 Å². The molecule has 4 heterocycles. The number of pyridine rings is 1. The predicted molar refractivity (Wildman–Crippen MR) is 109 cm³/mol. The van der Waals surface area contributed by atoms with Crippen molar-refractivity contribution in [3.63, 3.8) is 0 Å². The molecule has 2 aromatic heterocycles. The lowest BCUT2D eigenvalue weighted by Crippen LogP contribution is -2.50. The summed E-state index contributed by atoms with van der Waals surface area (Å²) < 4.78 is 33.5.